The third kappa shape index (κ3) is 6.69. The van der Waals surface area contributed by atoms with Gasteiger partial charge in [0.2, 0.25) is 5.91 Å². The number of nitro groups is 2. The van der Waals surface area contributed by atoms with Crippen LogP contribution in [-0.4, -0.2) is 49.0 Å². The van der Waals surface area contributed by atoms with Crippen molar-refractivity contribution >= 4 is 61.9 Å². The molecule has 2 rings (SSSR count). The van der Waals surface area contributed by atoms with Crippen LogP contribution in [0, 0.1) is 20.2 Å². The molecule has 0 unspecified atom stereocenters. The first kappa shape index (κ1) is 27.1. The van der Waals surface area contributed by atoms with E-state index in [1.807, 2.05) is 0 Å². The van der Waals surface area contributed by atoms with E-state index in [2.05, 4.69) is 31.5 Å². The van der Waals surface area contributed by atoms with Crippen molar-refractivity contribution in [2.45, 2.75) is 13.8 Å². The van der Waals surface area contributed by atoms with Crippen molar-refractivity contribution in [3.8, 4) is 5.75 Å². The van der Waals surface area contributed by atoms with Crippen LogP contribution in [-0.2, 0) is 14.3 Å². The number of likely N-dealkylation sites (N-methyl/N-ethyl adjacent to an activating group) is 1. The molecule has 0 aliphatic rings. The first-order valence-electron chi connectivity index (χ1n) is 9.87. The summed E-state index contributed by atoms with van der Waals surface area (Å²) >= 11 is 3.06. The van der Waals surface area contributed by atoms with Crippen LogP contribution in [0.25, 0.3) is 0 Å². The number of anilines is 2. The molecule has 0 aromatic heterocycles. The number of nitrogens with zero attached hydrogens (tertiary/aromatic N) is 5. The van der Waals surface area contributed by atoms with Gasteiger partial charge in [-0.2, -0.15) is 0 Å². The summed E-state index contributed by atoms with van der Waals surface area (Å²) in [6.07, 6.45) is 0. The number of ether oxygens (including phenoxy) is 2. The Balaban J connectivity index is 2.66. The molecule has 0 heterocycles. The maximum absolute atomic E-state index is 11.8. The van der Waals surface area contributed by atoms with E-state index >= 15 is 0 Å². The molecule has 14 nitrogen and oxygen atoms in total. The second-order valence-electron chi connectivity index (χ2n) is 6.82. The maximum atomic E-state index is 11.8. The molecule has 35 heavy (non-hydrogen) atoms. The molecule has 0 radical (unpaired) electrons. The molecule has 0 aliphatic heterocycles. The highest BCUT2D eigenvalue weighted by Crippen LogP contribution is 2.42. The fraction of sp³-hybridized carbons (Fsp3) is 0.300. The molecule has 0 bridgehead atoms. The topological polar surface area (TPSA) is 179 Å². The number of nitro benzene ring substituents is 2. The Morgan fingerprint density at radius 2 is 1.80 bits per heavy atom. The summed E-state index contributed by atoms with van der Waals surface area (Å²) in [6.45, 7) is 3.38. The first-order valence-corrected chi connectivity index (χ1v) is 10.7. The van der Waals surface area contributed by atoms with Gasteiger partial charge in [-0.3, -0.25) is 29.8 Å². The Morgan fingerprint density at radius 1 is 1.11 bits per heavy atom. The van der Waals surface area contributed by atoms with Gasteiger partial charge in [-0.1, -0.05) is 0 Å². The lowest BCUT2D eigenvalue weighted by Crippen LogP contribution is -2.30. The Morgan fingerprint density at radius 3 is 2.31 bits per heavy atom. The summed E-state index contributed by atoms with van der Waals surface area (Å²) in [4.78, 5) is 46.2. The predicted molar refractivity (Wildman–Crippen MR) is 129 cm³/mol. The van der Waals surface area contributed by atoms with Crippen molar-refractivity contribution in [3.05, 3.63) is 49.0 Å². The number of hydrogen-bond acceptors (Lipinski definition) is 11. The molecule has 0 atom stereocenters. The Hall–Kier alpha value is -4.14. The monoisotopic (exact) mass is 552 g/mol. The normalized spacial score (nSPS) is 10.7. The standard InChI is InChI=1S/C20H21BrN6O8/c1-5-25(10-19(29)35-4)16-8-14(22-11(2)28)15(9-18(16)34-3)23-24-20-13(21)6-12(26(30)31)7-17(20)27(32)33/h6-9H,5,10H2,1-4H3,(H,22,28). The molecule has 0 fully saturated rings. The quantitative estimate of drug-likeness (QED) is 0.190. The number of nitrogens with one attached hydrogen (secondary N) is 1. The van der Waals surface area contributed by atoms with E-state index in [4.69, 9.17) is 9.47 Å². The van der Waals surface area contributed by atoms with Crippen molar-refractivity contribution in [1.82, 2.24) is 0 Å². The second-order valence-corrected chi connectivity index (χ2v) is 7.68. The SMILES string of the molecule is CCN(CC(=O)OC)c1cc(NC(C)=O)c(N=Nc2c(Br)cc([N+](=O)[O-])cc2[N+](=O)[O-])cc1OC. The number of methoxy groups -OCH3 is 2. The number of halogens is 1. The fourth-order valence-electron chi connectivity index (χ4n) is 2.95. The zero-order chi connectivity index (χ0) is 26.3. The molecule has 15 heteroatoms. The molecule has 0 saturated carbocycles. The van der Waals surface area contributed by atoms with Crippen LogP contribution in [0.5, 0.6) is 5.75 Å². The van der Waals surface area contributed by atoms with E-state index in [0.29, 0.717) is 12.2 Å². The van der Waals surface area contributed by atoms with Crippen LogP contribution in [0.4, 0.5) is 34.1 Å². The fourth-order valence-corrected chi connectivity index (χ4v) is 3.46. The van der Waals surface area contributed by atoms with Gasteiger partial charge in [-0.15, -0.1) is 10.2 Å². The zero-order valence-corrected chi connectivity index (χ0v) is 20.7. The van der Waals surface area contributed by atoms with E-state index in [9.17, 15) is 29.8 Å². The number of non-ortho nitro benzene ring substituents is 1. The van der Waals surface area contributed by atoms with Crippen LogP contribution in [0.1, 0.15) is 13.8 Å². The molecule has 2 aromatic carbocycles. The minimum atomic E-state index is -0.823. The van der Waals surface area contributed by atoms with E-state index < -0.39 is 33.1 Å². The highest BCUT2D eigenvalue weighted by Gasteiger charge is 2.24. The van der Waals surface area contributed by atoms with Gasteiger partial charge in [0.05, 0.1) is 46.0 Å². The average Bonchev–Trinajstić information content (AvgIpc) is 2.80. The van der Waals surface area contributed by atoms with Gasteiger partial charge in [0.1, 0.15) is 18.0 Å². The number of benzene rings is 2. The summed E-state index contributed by atoms with van der Waals surface area (Å²) < 4.78 is 10.1. The van der Waals surface area contributed by atoms with Crippen LogP contribution in [0.15, 0.2) is 39.0 Å². The van der Waals surface area contributed by atoms with Crippen LogP contribution < -0.4 is 15.0 Å². The molecule has 0 saturated heterocycles. The van der Waals surface area contributed by atoms with Gasteiger partial charge in [0.25, 0.3) is 5.69 Å². The molecule has 1 amide bonds. The number of carbonyl (C=O) groups is 2. The number of esters is 1. The summed E-state index contributed by atoms with van der Waals surface area (Å²) in [5.74, 6) is -0.652. The molecular weight excluding hydrogens is 532 g/mol. The van der Waals surface area contributed by atoms with Crippen LogP contribution in [0.2, 0.25) is 0 Å². The van der Waals surface area contributed by atoms with E-state index in [1.165, 1.54) is 33.3 Å². The number of amides is 1. The van der Waals surface area contributed by atoms with E-state index in [-0.39, 0.29) is 33.8 Å². The molecule has 0 spiro atoms. The lowest BCUT2D eigenvalue weighted by Gasteiger charge is -2.25. The number of hydrogen-bond donors (Lipinski definition) is 1. The van der Waals surface area contributed by atoms with Crippen molar-refractivity contribution in [2.24, 2.45) is 10.2 Å². The Labute approximate surface area is 207 Å². The Kier molecular flexibility index (Phi) is 9.16. The van der Waals surface area contributed by atoms with Crippen molar-refractivity contribution < 1.29 is 28.9 Å². The van der Waals surface area contributed by atoms with Crippen LogP contribution in [0.3, 0.4) is 0 Å². The lowest BCUT2D eigenvalue weighted by atomic mass is 10.2. The van der Waals surface area contributed by atoms with Gasteiger partial charge >= 0.3 is 11.7 Å². The van der Waals surface area contributed by atoms with Gasteiger partial charge in [-0.05, 0) is 28.9 Å². The summed E-state index contributed by atoms with van der Waals surface area (Å²) in [7, 11) is 2.65. The molecule has 2 aromatic rings. The minimum Gasteiger partial charge on any atom is -0.494 e. The molecule has 186 valence electrons. The number of rotatable bonds is 10. The largest absolute Gasteiger partial charge is 0.494 e. The predicted octanol–water partition coefficient (Wildman–Crippen LogP) is 4.65. The summed E-state index contributed by atoms with van der Waals surface area (Å²) in [5, 5.41) is 33.1. The summed E-state index contributed by atoms with van der Waals surface area (Å²) in [5.41, 5.74) is -0.702. The first-order chi connectivity index (χ1) is 16.5. The molecule has 1 N–H and O–H groups in total. The smallest absolute Gasteiger partial charge is 0.325 e. The highest BCUT2D eigenvalue weighted by atomic mass is 79.9. The van der Waals surface area contributed by atoms with Gasteiger partial charge in [0, 0.05) is 25.6 Å². The maximum Gasteiger partial charge on any atom is 0.325 e. The van der Waals surface area contributed by atoms with E-state index in [0.717, 1.165) is 12.1 Å². The molecular formula is C20H21BrN6O8. The lowest BCUT2D eigenvalue weighted by molar-refractivity contribution is -0.393. The Bertz CT molecular complexity index is 1200. The minimum absolute atomic E-state index is 0.0259. The second kappa shape index (κ2) is 11.8. The number of carbonyl (C=O) groups excluding carboxylic acids is 2. The highest BCUT2D eigenvalue weighted by molar-refractivity contribution is 9.10. The van der Waals surface area contributed by atoms with Gasteiger partial charge in [0.15, 0.2) is 5.69 Å². The van der Waals surface area contributed by atoms with E-state index in [1.54, 1.807) is 11.8 Å². The van der Waals surface area contributed by atoms with Crippen molar-refractivity contribution in [2.75, 3.05) is 37.5 Å². The van der Waals surface area contributed by atoms with Gasteiger partial charge in [-0.25, -0.2) is 0 Å². The summed E-state index contributed by atoms with van der Waals surface area (Å²) in [6, 6.07) is 4.77. The number of azo groups is 1. The third-order valence-corrected chi connectivity index (χ3v) is 5.18. The van der Waals surface area contributed by atoms with Gasteiger partial charge < -0.3 is 19.7 Å². The molecule has 0 aliphatic carbocycles. The third-order valence-electron chi connectivity index (χ3n) is 4.57. The van der Waals surface area contributed by atoms with Crippen molar-refractivity contribution in [1.29, 1.82) is 0 Å². The zero-order valence-electron chi connectivity index (χ0n) is 19.1. The van der Waals surface area contributed by atoms with Crippen molar-refractivity contribution in [3.63, 3.8) is 0 Å². The van der Waals surface area contributed by atoms with Crippen LogP contribution >= 0.6 is 15.9 Å². The average molecular weight is 553 g/mol.